The molecule has 3 nitrogen and oxygen atoms in total. The number of carboxylic acids is 1. The third-order valence-corrected chi connectivity index (χ3v) is 3.88. The van der Waals surface area contributed by atoms with Crippen molar-refractivity contribution in [2.45, 2.75) is 18.2 Å². The Kier molecular flexibility index (Phi) is 3.74. The Hall–Kier alpha value is -1.00. The van der Waals surface area contributed by atoms with Crippen LogP contribution >= 0.6 is 11.8 Å². The summed E-state index contributed by atoms with van der Waals surface area (Å²) in [6, 6.07) is 8.14. The lowest BCUT2D eigenvalue weighted by Gasteiger charge is -2.37. The molecule has 1 aromatic rings. The summed E-state index contributed by atoms with van der Waals surface area (Å²) in [5, 5.41) is 9.20. The zero-order valence-corrected chi connectivity index (χ0v) is 10.6. The van der Waals surface area contributed by atoms with Crippen molar-refractivity contribution in [1.82, 2.24) is 0 Å². The molecule has 92 valence electrons. The van der Waals surface area contributed by atoms with Crippen LogP contribution in [0.15, 0.2) is 29.2 Å². The predicted octanol–water partition coefficient (Wildman–Crippen LogP) is 2.44. The topological polar surface area (TPSA) is 46.5 Å². The van der Waals surface area contributed by atoms with E-state index in [9.17, 15) is 9.90 Å². The molecule has 1 aliphatic heterocycles. The number of carboxylic acid groups (broad SMARTS) is 1. The van der Waals surface area contributed by atoms with Gasteiger partial charge in [0.05, 0.1) is 13.2 Å². The molecule has 2 rings (SSSR count). The second-order valence-electron chi connectivity index (χ2n) is 4.33. The molecule has 0 atom stereocenters. The van der Waals surface area contributed by atoms with Crippen LogP contribution in [0.2, 0.25) is 0 Å². The van der Waals surface area contributed by atoms with Crippen LogP contribution in [0.3, 0.4) is 0 Å². The van der Waals surface area contributed by atoms with E-state index in [2.05, 4.69) is 19.1 Å². The minimum absolute atomic E-state index is 0.327. The first-order valence-electron chi connectivity index (χ1n) is 5.69. The van der Waals surface area contributed by atoms with Gasteiger partial charge >= 0.3 is 5.97 Å². The highest BCUT2D eigenvalue weighted by atomic mass is 32.2. The Morgan fingerprint density at radius 3 is 2.47 bits per heavy atom. The monoisotopic (exact) mass is 252 g/mol. The van der Waals surface area contributed by atoms with Crippen LogP contribution in [-0.2, 0) is 16.0 Å². The second kappa shape index (κ2) is 5.10. The molecule has 1 aliphatic rings. The van der Waals surface area contributed by atoms with Crippen molar-refractivity contribution in [3.63, 3.8) is 0 Å². The van der Waals surface area contributed by atoms with E-state index in [-0.39, 0.29) is 0 Å². The van der Waals surface area contributed by atoms with Gasteiger partial charge < -0.3 is 9.84 Å². The lowest BCUT2D eigenvalue weighted by atomic mass is 9.80. The summed E-state index contributed by atoms with van der Waals surface area (Å²) >= 11 is 1.79. The summed E-state index contributed by atoms with van der Waals surface area (Å²) in [5.41, 5.74) is 0.371. The van der Waals surface area contributed by atoms with Crippen LogP contribution in [0.25, 0.3) is 0 Å². The molecular formula is C13H16O3S. The standard InChI is InChI=1S/C13H16O3S/c1-2-17-11-5-3-10(4-6-11)7-13(12(14)15)8-16-9-13/h3-6H,2,7-9H2,1H3,(H,14,15). The molecule has 1 saturated heterocycles. The average Bonchev–Trinajstić information content (AvgIpc) is 2.25. The van der Waals surface area contributed by atoms with Crippen molar-refractivity contribution >= 4 is 17.7 Å². The molecule has 0 unspecified atom stereocenters. The summed E-state index contributed by atoms with van der Waals surface area (Å²) < 4.78 is 5.05. The molecule has 0 radical (unpaired) electrons. The second-order valence-corrected chi connectivity index (χ2v) is 5.67. The van der Waals surface area contributed by atoms with Crippen LogP contribution < -0.4 is 0 Å². The molecule has 0 bridgehead atoms. The maximum Gasteiger partial charge on any atom is 0.314 e. The minimum Gasteiger partial charge on any atom is -0.481 e. The first-order valence-corrected chi connectivity index (χ1v) is 6.68. The molecule has 0 saturated carbocycles. The van der Waals surface area contributed by atoms with E-state index in [4.69, 9.17) is 4.74 Å². The van der Waals surface area contributed by atoms with Crippen LogP contribution in [0.4, 0.5) is 0 Å². The first-order chi connectivity index (χ1) is 8.16. The number of aliphatic carboxylic acids is 1. The molecule has 17 heavy (non-hydrogen) atoms. The normalized spacial score (nSPS) is 17.5. The van der Waals surface area contributed by atoms with Gasteiger partial charge in [0.25, 0.3) is 0 Å². The van der Waals surface area contributed by atoms with Gasteiger partial charge in [-0.25, -0.2) is 0 Å². The molecule has 1 heterocycles. The van der Waals surface area contributed by atoms with Gasteiger partial charge in [0.2, 0.25) is 0 Å². The van der Waals surface area contributed by atoms with Crippen LogP contribution in [0, 0.1) is 5.41 Å². The highest BCUT2D eigenvalue weighted by Gasteiger charge is 2.46. The van der Waals surface area contributed by atoms with Crippen LogP contribution in [0.1, 0.15) is 12.5 Å². The van der Waals surface area contributed by atoms with Gasteiger partial charge in [0, 0.05) is 4.90 Å². The van der Waals surface area contributed by atoms with Gasteiger partial charge in [-0.2, -0.15) is 0 Å². The average molecular weight is 252 g/mol. The van der Waals surface area contributed by atoms with E-state index in [1.807, 2.05) is 12.1 Å². The highest BCUT2D eigenvalue weighted by molar-refractivity contribution is 7.99. The zero-order valence-electron chi connectivity index (χ0n) is 9.81. The van der Waals surface area contributed by atoms with E-state index >= 15 is 0 Å². The maximum absolute atomic E-state index is 11.2. The van der Waals surface area contributed by atoms with Gasteiger partial charge in [-0.3, -0.25) is 4.79 Å². The Balaban J connectivity index is 2.05. The summed E-state index contributed by atoms with van der Waals surface area (Å²) in [6.07, 6.45) is 0.555. The van der Waals surface area contributed by atoms with Gasteiger partial charge in [-0.05, 0) is 29.9 Å². The lowest BCUT2D eigenvalue weighted by molar-refractivity contribution is -0.179. The van der Waals surface area contributed by atoms with Crippen molar-refractivity contribution in [3.8, 4) is 0 Å². The fraction of sp³-hybridized carbons (Fsp3) is 0.462. The molecule has 0 spiro atoms. The van der Waals surface area contributed by atoms with Gasteiger partial charge in [0.15, 0.2) is 0 Å². The van der Waals surface area contributed by atoms with Gasteiger partial charge in [0.1, 0.15) is 5.41 Å². The Morgan fingerprint density at radius 1 is 1.41 bits per heavy atom. The maximum atomic E-state index is 11.2. The number of ether oxygens (including phenoxy) is 1. The van der Waals surface area contributed by atoms with E-state index in [1.165, 1.54) is 4.90 Å². The fourth-order valence-corrected chi connectivity index (χ4v) is 2.57. The number of rotatable bonds is 5. The molecule has 0 aromatic heterocycles. The molecule has 1 N–H and O–H groups in total. The number of thioether (sulfide) groups is 1. The Bertz CT molecular complexity index is 396. The summed E-state index contributed by atoms with van der Waals surface area (Å²) in [7, 11) is 0. The van der Waals surface area contributed by atoms with Crippen molar-refractivity contribution in [3.05, 3.63) is 29.8 Å². The Labute approximate surface area is 105 Å². The third kappa shape index (κ3) is 2.64. The SMILES string of the molecule is CCSc1ccc(CC2(C(=O)O)COC2)cc1. The number of carbonyl (C=O) groups is 1. The smallest absolute Gasteiger partial charge is 0.314 e. The highest BCUT2D eigenvalue weighted by Crippen LogP contribution is 2.32. The molecule has 0 aliphatic carbocycles. The molecule has 1 fully saturated rings. The Morgan fingerprint density at radius 2 is 2.06 bits per heavy atom. The molecule has 1 aromatic carbocycles. The molecular weight excluding hydrogens is 236 g/mol. The summed E-state index contributed by atoms with van der Waals surface area (Å²) in [6.45, 7) is 2.77. The van der Waals surface area contributed by atoms with Gasteiger partial charge in [-0.1, -0.05) is 19.1 Å². The van der Waals surface area contributed by atoms with Crippen molar-refractivity contribution in [1.29, 1.82) is 0 Å². The molecule has 0 amide bonds. The molecule has 4 heteroatoms. The predicted molar refractivity (Wildman–Crippen MR) is 67.4 cm³/mol. The quantitative estimate of drug-likeness (QED) is 0.818. The van der Waals surface area contributed by atoms with E-state index < -0.39 is 11.4 Å². The largest absolute Gasteiger partial charge is 0.481 e. The number of benzene rings is 1. The van der Waals surface area contributed by atoms with Crippen LogP contribution in [0.5, 0.6) is 0 Å². The van der Waals surface area contributed by atoms with Crippen LogP contribution in [-0.4, -0.2) is 30.0 Å². The third-order valence-electron chi connectivity index (χ3n) is 2.99. The number of hydrogen-bond acceptors (Lipinski definition) is 3. The van der Waals surface area contributed by atoms with Gasteiger partial charge in [-0.15, -0.1) is 11.8 Å². The zero-order chi connectivity index (χ0) is 12.3. The summed E-state index contributed by atoms with van der Waals surface area (Å²) in [5.74, 6) is 0.294. The first kappa shape index (κ1) is 12.5. The number of hydrogen-bond donors (Lipinski definition) is 1. The van der Waals surface area contributed by atoms with Crippen molar-refractivity contribution in [2.24, 2.45) is 5.41 Å². The van der Waals surface area contributed by atoms with Crippen molar-refractivity contribution < 1.29 is 14.6 Å². The van der Waals surface area contributed by atoms with E-state index in [0.29, 0.717) is 19.6 Å². The van der Waals surface area contributed by atoms with E-state index in [0.717, 1.165) is 11.3 Å². The van der Waals surface area contributed by atoms with E-state index in [1.54, 1.807) is 11.8 Å². The minimum atomic E-state index is -0.754. The lowest BCUT2D eigenvalue weighted by Crippen LogP contribution is -2.50. The summed E-state index contributed by atoms with van der Waals surface area (Å²) in [4.78, 5) is 12.4. The fourth-order valence-electron chi connectivity index (χ4n) is 1.91. The van der Waals surface area contributed by atoms with Crippen molar-refractivity contribution in [2.75, 3.05) is 19.0 Å².